The third kappa shape index (κ3) is 1.91. The van der Waals surface area contributed by atoms with Crippen LogP contribution in [0.2, 0.25) is 0 Å². The van der Waals surface area contributed by atoms with Crippen molar-refractivity contribution >= 4 is 17.4 Å². The van der Waals surface area contributed by atoms with E-state index in [1.807, 2.05) is 0 Å². The maximum atomic E-state index is 11.9. The zero-order valence-electron chi connectivity index (χ0n) is 11.7. The molecule has 7 heteroatoms. The third-order valence-corrected chi connectivity index (χ3v) is 4.01. The zero-order chi connectivity index (χ0) is 14.4. The molecule has 0 unspecified atom stereocenters. The average molecular weight is 288 g/mol. The summed E-state index contributed by atoms with van der Waals surface area (Å²) in [5.41, 5.74) is 0.856. The number of fused-ring (bicyclic) bond motifs is 3. The van der Waals surface area contributed by atoms with Gasteiger partial charge in [-0.05, 0) is 26.2 Å². The first-order valence-corrected chi connectivity index (χ1v) is 7.25. The maximum Gasteiger partial charge on any atom is 0.343 e. The first-order valence-electron chi connectivity index (χ1n) is 7.25. The zero-order valence-corrected chi connectivity index (χ0v) is 11.7. The fraction of sp³-hybridized carbons (Fsp3) is 0.500. The fourth-order valence-corrected chi connectivity index (χ4v) is 3.01. The van der Waals surface area contributed by atoms with Crippen LogP contribution in [0.15, 0.2) is 12.4 Å². The van der Waals surface area contributed by atoms with Gasteiger partial charge in [0.25, 0.3) is 0 Å². The van der Waals surface area contributed by atoms with Crippen molar-refractivity contribution in [3.8, 4) is 5.75 Å². The Labute approximate surface area is 121 Å². The van der Waals surface area contributed by atoms with Crippen molar-refractivity contribution in [1.82, 2.24) is 14.6 Å². The molecule has 21 heavy (non-hydrogen) atoms. The number of nitrogens with one attached hydrogen (secondary N) is 1. The fourth-order valence-electron chi connectivity index (χ4n) is 3.01. The summed E-state index contributed by atoms with van der Waals surface area (Å²) >= 11 is 0. The van der Waals surface area contributed by atoms with E-state index in [9.17, 15) is 4.79 Å². The minimum absolute atomic E-state index is 0.205. The number of hydrogen-bond acceptors (Lipinski definition) is 6. The molecule has 7 nitrogen and oxygen atoms in total. The van der Waals surface area contributed by atoms with Crippen LogP contribution in [0.5, 0.6) is 5.75 Å². The van der Waals surface area contributed by atoms with Gasteiger partial charge < -0.3 is 14.8 Å². The van der Waals surface area contributed by atoms with Crippen molar-refractivity contribution in [2.45, 2.75) is 38.3 Å². The second-order valence-corrected chi connectivity index (χ2v) is 5.34. The number of anilines is 1. The van der Waals surface area contributed by atoms with E-state index in [1.54, 1.807) is 17.6 Å². The third-order valence-electron chi connectivity index (χ3n) is 4.01. The number of hydrogen-bond donors (Lipinski definition) is 1. The van der Waals surface area contributed by atoms with Gasteiger partial charge in [0.05, 0.1) is 25.0 Å². The standard InChI is InChI=1S/C14H16N4O3/c1-2-20-14(19)8-6-15-18-7-11-12(17-13(8)18)16-9-4-3-5-10(9)21-11/h6-7,9-10H,2-5H2,1H3,(H,16,17)/t9-,10+/m0/s1. The molecule has 2 aromatic heterocycles. The Hall–Kier alpha value is -2.31. The molecule has 3 heterocycles. The highest BCUT2D eigenvalue weighted by Gasteiger charge is 2.35. The Balaban J connectivity index is 1.76. The van der Waals surface area contributed by atoms with Crippen molar-refractivity contribution in [1.29, 1.82) is 0 Å². The molecule has 0 amide bonds. The predicted molar refractivity (Wildman–Crippen MR) is 74.6 cm³/mol. The summed E-state index contributed by atoms with van der Waals surface area (Å²) in [6, 6.07) is 0.307. The highest BCUT2D eigenvalue weighted by molar-refractivity contribution is 5.95. The minimum atomic E-state index is -0.407. The summed E-state index contributed by atoms with van der Waals surface area (Å²) in [4.78, 5) is 16.4. The van der Waals surface area contributed by atoms with E-state index in [-0.39, 0.29) is 6.10 Å². The van der Waals surface area contributed by atoms with Crippen LogP contribution in [0.4, 0.5) is 5.82 Å². The Morgan fingerprint density at radius 3 is 3.33 bits per heavy atom. The molecule has 1 fully saturated rings. The van der Waals surface area contributed by atoms with Gasteiger partial charge in [0.15, 0.2) is 17.2 Å². The van der Waals surface area contributed by atoms with Crippen LogP contribution in [-0.4, -0.2) is 39.3 Å². The summed E-state index contributed by atoms with van der Waals surface area (Å²) < 4.78 is 12.6. The molecule has 110 valence electrons. The number of rotatable bonds is 2. The van der Waals surface area contributed by atoms with E-state index in [1.165, 1.54) is 6.20 Å². The summed E-state index contributed by atoms with van der Waals surface area (Å²) in [5, 5.41) is 7.57. The quantitative estimate of drug-likeness (QED) is 0.846. The van der Waals surface area contributed by atoms with E-state index in [4.69, 9.17) is 9.47 Å². The molecule has 0 bridgehead atoms. The smallest absolute Gasteiger partial charge is 0.343 e. The van der Waals surface area contributed by atoms with Gasteiger partial charge in [0.2, 0.25) is 0 Å². The van der Waals surface area contributed by atoms with Gasteiger partial charge in [-0.1, -0.05) is 0 Å². The molecule has 0 aromatic carbocycles. The lowest BCUT2D eigenvalue weighted by Gasteiger charge is -2.29. The van der Waals surface area contributed by atoms with Gasteiger partial charge in [-0.15, -0.1) is 0 Å². The second kappa shape index (κ2) is 4.61. The Kier molecular flexibility index (Phi) is 2.73. The van der Waals surface area contributed by atoms with E-state index >= 15 is 0 Å². The topological polar surface area (TPSA) is 77.8 Å². The van der Waals surface area contributed by atoms with Gasteiger partial charge in [0, 0.05) is 0 Å². The van der Waals surface area contributed by atoms with Crippen LogP contribution in [0.25, 0.3) is 5.65 Å². The van der Waals surface area contributed by atoms with Crippen molar-refractivity contribution < 1.29 is 14.3 Å². The molecule has 2 atom stereocenters. The van der Waals surface area contributed by atoms with Crippen LogP contribution < -0.4 is 10.1 Å². The Morgan fingerprint density at radius 2 is 2.48 bits per heavy atom. The Morgan fingerprint density at radius 1 is 1.57 bits per heavy atom. The Bertz CT molecular complexity index is 712. The SMILES string of the molecule is CCOC(=O)c1cnn2cc3c(nc12)N[C@H]1CCC[C@H]1O3. The number of nitrogens with zero attached hydrogens (tertiary/aromatic N) is 3. The maximum absolute atomic E-state index is 11.9. The molecule has 0 spiro atoms. The molecular weight excluding hydrogens is 272 g/mol. The highest BCUT2D eigenvalue weighted by Crippen LogP contribution is 2.36. The van der Waals surface area contributed by atoms with Crippen LogP contribution in [0.3, 0.4) is 0 Å². The van der Waals surface area contributed by atoms with E-state index in [0.717, 1.165) is 19.3 Å². The van der Waals surface area contributed by atoms with Crippen LogP contribution in [-0.2, 0) is 4.74 Å². The summed E-state index contributed by atoms with van der Waals surface area (Å²) in [6.45, 7) is 2.10. The molecule has 2 aliphatic rings. The first kappa shape index (κ1) is 12.4. The molecule has 1 aliphatic carbocycles. The van der Waals surface area contributed by atoms with Crippen LogP contribution >= 0.6 is 0 Å². The summed E-state index contributed by atoms with van der Waals surface area (Å²) in [7, 11) is 0. The number of aromatic nitrogens is 3. The molecule has 1 saturated carbocycles. The van der Waals surface area contributed by atoms with Gasteiger partial charge >= 0.3 is 5.97 Å². The lowest BCUT2D eigenvalue weighted by molar-refractivity contribution is 0.0528. The number of ether oxygens (including phenoxy) is 2. The van der Waals surface area contributed by atoms with Crippen LogP contribution in [0, 0.1) is 0 Å². The number of carbonyl (C=O) groups excluding carboxylic acids is 1. The molecular formula is C14H16N4O3. The minimum Gasteiger partial charge on any atom is -0.483 e. The van der Waals surface area contributed by atoms with Crippen molar-refractivity contribution in [2.24, 2.45) is 0 Å². The first-order chi connectivity index (χ1) is 10.3. The van der Waals surface area contributed by atoms with Crippen molar-refractivity contribution in [3.05, 3.63) is 18.0 Å². The molecule has 4 rings (SSSR count). The highest BCUT2D eigenvalue weighted by atomic mass is 16.5. The molecule has 0 radical (unpaired) electrons. The molecule has 1 aliphatic heterocycles. The van der Waals surface area contributed by atoms with Gasteiger partial charge in [-0.25, -0.2) is 14.3 Å². The monoisotopic (exact) mass is 288 g/mol. The number of carbonyl (C=O) groups is 1. The number of esters is 1. The molecule has 1 N–H and O–H groups in total. The molecule has 2 aromatic rings. The second-order valence-electron chi connectivity index (χ2n) is 5.34. The van der Waals surface area contributed by atoms with Crippen molar-refractivity contribution in [3.63, 3.8) is 0 Å². The lowest BCUT2D eigenvalue weighted by Crippen LogP contribution is -2.37. The van der Waals surface area contributed by atoms with E-state index in [2.05, 4.69) is 15.4 Å². The predicted octanol–water partition coefficient (Wildman–Crippen LogP) is 1.63. The van der Waals surface area contributed by atoms with Crippen LogP contribution in [0.1, 0.15) is 36.5 Å². The summed E-state index contributed by atoms with van der Waals surface area (Å²) in [5.74, 6) is 0.955. The lowest BCUT2D eigenvalue weighted by atomic mass is 10.2. The van der Waals surface area contributed by atoms with Gasteiger partial charge in [0.1, 0.15) is 11.7 Å². The van der Waals surface area contributed by atoms with Crippen molar-refractivity contribution in [2.75, 3.05) is 11.9 Å². The largest absolute Gasteiger partial charge is 0.483 e. The van der Waals surface area contributed by atoms with E-state index in [0.29, 0.717) is 35.4 Å². The average Bonchev–Trinajstić information content (AvgIpc) is 3.08. The molecule has 0 saturated heterocycles. The van der Waals surface area contributed by atoms with Gasteiger partial charge in [-0.2, -0.15) is 5.10 Å². The summed E-state index contributed by atoms with van der Waals surface area (Å²) in [6.07, 6.45) is 6.75. The normalized spacial score (nSPS) is 23.1. The van der Waals surface area contributed by atoms with E-state index < -0.39 is 5.97 Å². The van der Waals surface area contributed by atoms with Gasteiger partial charge in [-0.3, -0.25) is 0 Å².